The predicted octanol–water partition coefficient (Wildman–Crippen LogP) is 0.292. The Balaban J connectivity index is 1.70. The number of nitrogens with zero attached hydrogens (tertiary/aromatic N) is 5. The molecule has 2 heterocycles. The number of rotatable bonds is 5. The molecule has 0 radical (unpaired) electrons. The molecular formula is C17H23N5O3S. The molecule has 0 amide bonds. The lowest BCUT2D eigenvalue weighted by Crippen LogP contribution is -2.52. The molecular weight excluding hydrogens is 354 g/mol. The van der Waals surface area contributed by atoms with E-state index in [2.05, 4.69) is 5.10 Å². The topological polar surface area (TPSA) is 78.8 Å². The summed E-state index contributed by atoms with van der Waals surface area (Å²) in [7, 11) is -0.335. The molecule has 0 aliphatic carbocycles. The van der Waals surface area contributed by atoms with Crippen LogP contribution in [0.25, 0.3) is 11.3 Å². The van der Waals surface area contributed by atoms with Crippen LogP contribution in [0.15, 0.2) is 47.3 Å². The van der Waals surface area contributed by atoms with Crippen LogP contribution in [0.5, 0.6) is 0 Å². The van der Waals surface area contributed by atoms with Crippen LogP contribution < -0.4 is 5.56 Å². The second kappa shape index (κ2) is 7.67. The van der Waals surface area contributed by atoms with Gasteiger partial charge in [-0.2, -0.15) is 22.1 Å². The molecule has 2 aromatic rings. The molecule has 1 aromatic heterocycles. The van der Waals surface area contributed by atoms with Crippen LogP contribution in [0, 0.1) is 0 Å². The molecule has 0 bridgehead atoms. The van der Waals surface area contributed by atoms with E-state index < -0.39 is 10.2 Å². The molecule has 1 fully saturated rings. The van der Waals surface area contributed by atoms with E-state index in [0.29, 0.717) is 32.8 Å². The normalized spacial score (nSPS) is 16.9. The van der Waals surface area contributed by atoms with Gasteiger partial charge in [0.1, 0.15) is 0 Å². The Morgan fingerprint density at radius 1 is 1.00 bits per heavy atom. The highest BCUT2D eigenvalue weighted by Crippen LogP contribution is 2.14. The fourth-order valence-corrected chi connectivity index (χ4v) is 3.92. The van der Waals surface area contributed by atoms with Gasteiger partial charge in [-0.25, -0.2) is 4.68 Å². The second-order valence-electron chi connectivity index (χ2n) is 6.37. The van der Waals surface area contributed by atoms with Gasteiger partial charge >= 0.3 is 0 Å². The third-order valence-corrected chi connectivity index (χ3v) is 6.33. The summed E-state index contributed by atoms with van der Waals surface area (Å²) < 4.78 is 28.5. The lowest BCUT2D eigenvalue weighted by atomic mass is 10.1. The molecule has 26 heavy (non-hydrogen) atoms. The van der Waals surface area contributed by atoms with Crippen LogP contribution in [0.2, 0.25) is 0 Å². The standard InChI is InChI=1S/C17H23N5O3S/c1-19(2)26(24,25)21-12-10-20(11-13-21)14-22-17(23)9-8-16(18-22)15-6-4-3-5-7-15/h3-9H,10-14H2,1-2H3. The third kappa shape index (κ3) is 4.01. The van der Waals surface area contributed by atoms with Gasteiger partial charge in [0.25, 0.3) is 15.8 Å². The SMILES string of the molecule is CN(C)S(=O)(=O)N1CCN(Cn2nc(-c3ccccc3)ccc2=O)CC1. The first-order valence-corrected chi connectivity index (χ1v) is 9.81. The number of hydrogen-bond acceptors (Lipinski definition) is 5. The number of hydrogen-bond donors (Lipinski definition) is 0. The lowest BCUT2D eigenvalue weighted by molar-refractivity contribution is 0.140. The van der Waals surface area contributed by atoms with Gasteiger partial charge in [-0.1, -0.05) is 30.3 Å². The molecule has 0 N–H and O–H groups in total. The lowest BCUT2D eigenvalue weighted by Gasteiger charge is -2.34. The Bertz CT molecular complexity index is 903. The van der Waals surface area contributed by atoms with Crippen LogP contribution in [0.4, 0.5) is 0 Å². The highest BCUT2D eigenvalue weighted by atomic mass is 32.2. The molecule has 0 saturated carbocycles. The third-order valence-electron chi connectivity index (χ3n) is 4.39. The van der Waals surface area contributed by atoms with Gasteiger partial charge in [-0.3, -0.25) is 9.69 Å². The summed E-state index contributed by atoms with van der Waals surface area (Å²) >= 11 is 0. The van der Waals surface area contributed by atoms with Crippen molar-refractivity contribution in [1.29, 1.82) is 0 Å². The van der Waals surface area contributed by atoms with Crippen molar-refractivity contribution < 1.29 is 8.42 Å². The van der Waals surface area contributed by atoms with E-state index in [4.69, 9.17) is 0 Å². The number of aromatic nitrogens is 2. The summed E-state index contributed by atoms with van der Waals surface area (Å²) in [6.07, 6.45) is 0. The molecule has 1 aromatic carbocycles. The van der Waals surface area contributed by atoms with Crippen molar-refractivity contribution in [2.24, 2.45) is 0 Å². The van der Waals surface area contributed by atoms with Gasteiger partial charge in [0.2, 0.25) is 0 Å². The zero-order valence-corrected chi connectivity index (χ0v) is 15.8. The average Bonchev–Trinajstić information content (AvgIpc) is 2.64. The van der Waals surface area contributed by atoms with E-state index in [9.17, 15) is 13.2 Å². The summed E-state index contributed by atoms with van der Waals surface area (Å²) in [5.41, 5.74) is 1.51. The van der Waals surface area contributed by atoms with Crippen molar-refractivity contribution in [3.8, 4) is 11.3 Å². The van der Waals surface area contributed by atoms with E-state index in [1.54, 1.807) is 6.07 Å². The number of piperazine rings is 1. The maximum Gasteiger partial charge on any atom is 0.281 e. The van der Waals surface area contributed by atoms with Crippen molar-refractivity contribution in [3.05, 3.63) is 52.8 Å². The van der Waals surface area contributed by atoms with Crippen molar-refractivity contribution in [2.75, 3.05) is 40.3 Å². The molecule has 0 unspecified atom stereocenters. The fourth-order valence-electron chi connectivity index (χ4n) is 2.84. The Labute approximate surface area is 153 Å². The molecule has 140 valence electrons. The molecule has 1 aliphatic heterocycles. The van der Waals surface area contributed by atoms with Gasteiger partial charge in [0, 0.05) is 51.9 Å². The Kier molecular flexibility index (Phi) is 5.52. The average molecular weight is 377 g/mol. The highest BCUT2D eigenvalue weighted by molar-refractivity contribution is 7.86. The van der Waals surface area contributed by atoms with E-state index in [0.717, 1.165) is 11.3 Å². The van der Waals surface area contributed by atoms with Crippen LogP contribution in [-0.4, -0.2) is 72.0 Å². The summed E-state index contributed by atoms with van der Waals surface area (Å²) in [5, 5.41) is 4.46. The van der Waals surface area contributed by atoms with Crippen LogP contribution >= 0.6 is 0 Å². The summed E-state index contributed by atoms with van der Waals surface area (Å²) in [6, 6.07) is 12.9. The minimum atomic E-state index is -3.39. The van der Waals surface area contributed by atoms with Crippen LogP contribution in [0.1, 0.15) is 0 Å². The first-order chi connectivity index (χ1) is 12.4. The minimum Gasteiger partial charge on any atom is -0.282 e. The van der Waals surface area contributed by atoms with Gasteiger partial charge < -0.3 is 0 Å². The molecule has 0 spiro atoms. The molecule has 0 atom stereocenters. The zero-order chi connectivity index (χ0) is 18.7. The van der Waals surface area contributed by atoms with Gasteiger partial charge in [0.15, 0.2) is 0 Å². The van der Waals surface area contributed by atoms with Crippen LogP contribution in [0.3, 0.4) is 0 Å². The van der Waals surface area contributed by atoms with Gasteiger partial charge in [-0.15, -0.1) is 0 Å². The van der Waals surface area contributed by atoms with E-state index >= 15 is 0 Å². The Morgan fingerprint density at radius 3 is 2.27 bits per heavy atom. The van der Waals surface area contributed by atoms with Crippen molar-refractivity contribution in [3.63, 3.8) is 0 Å². The van der Waals surface area contributed by atoms with E-state index in [1.807, 2.05) is 35.2 Å². The maximum atomic E-state index is 12.2. The minimum absolute atomic E-state index is 0.173. The monoisotopic (exact) mass is 377 g/mol. The second-order valence-corrected chi connectivity index (χ2v) is 8.51. The molecule has 8 nitrogen and oxygen atoms in total. The molecule has 3 rings (SSSR count). The van der Waals surface area contributed by atoms with E-state index in [1.165, 1.54) is 33.5 Å². The first kappa shape index (κ1) is 18.7. The van der Waals surface area contributed by atoms with E-state index in [-0.39, 0.29) is 5.56 Å². The summed E-state index contributed by atoms with van der Waals surface area (Å²) in [5.74, 6) is 0. The van der Waals surface area contributed by atoms with Crippen molar-refractivity contribution >= 4 is 10.2 Å². The molecule has 1 saturated heterocycles. The largest absolute Gasteiger partial charge is 0.282 e. The van der Waals surface area contributed by atoms with Crippen LogP contribution in [-0.2, 0) is 16.9 Å². The van der Waals surface area contributed by atoms with Gasteiger partial charge in [-0.05, 0) is 6.07 Å². The smallest absolute Gasteiger partial charge is 0.281 e. The summed E-state index contributed by atoms with van der Waals surface area (Å²) in [4.78, 5) is 14.2. The first-order valence-electron chi connectivity index (χ1n) is 8.41. The zero-order valence-electron chi connectivity index (χ0n) is 14.9. The highest BCUT2D eigenvalue weighted by Gasteiger charge is 2.28. The predicted molar refractivity (Wildman–Crippen MR) is 99.7 cm³/mol. The molecule has 9 heteroatoms. The summed E-state index contributed by atoms with van der Waals surface area (Å²) in [6.45, 7) is 2.24. The van der Waals surface area contributed by atoms with Crippen molar-refractivity contribution in [2.45, 2.75) is 6.67 Å². The fraction of sp³-hybridized carbons (Fsp3) is 0.412. The quantitative estimate of drug-likeness (QED) is 0.749. The Morgan fingerprint density at radius 2 is 1.65 bits per heavy atom. The van der Waals surface area contributed by atoms with Crippen molar-refractivity contribution in [1.82, 2.24) is 23.3 Å². The maximum absolute atomic E-state index is 12.2. The Hall–Kier alpha value is -2.07. The number of benzene rings is 1. The van der Waals surface area contributed by atoms with Gasteiger partial charge in [0.05, 0.1) is 12.4 Å². The molecule has 1 aliphatic rings.